The lowest BCUT2D eigenvalue weighted by atomic mass is 10.1. The van der Waals surface area contributed by atoms with Crippen LogP contribution in [0.25, 0.3) is 0 Å². The van der Waals surface area contributed by atoms with Crippen LogP contribution >= 0.6 is 11.3 Å². The number of carbonyl (C=O) groups excluding carboxylic acids is 1. The number of carbonyl (C=O) groups is 1. The Balaban J connectivity index is 1.67. The van der Waals surface area contributed by atoms with Crippen LogP contribution in [-0.4, -0.2) is 31.7 Å². The Kier molecular flexibility index (Phi) is 5.36. The second-order valence-electron chi connectivity index (χ2n) is 5.82. The molecule has 1 amide bonds. The molecule has 1 aliphatic heterocycles. The van der Waals surface area contributed by atoms with Crippen molar-refractivity contribution < 1.29 is 17.6 Å². The van der Waals surface area contributed by atoms with Crippen molar-refractivity contribution in [2.24, 2.45) is 0 Å². The number of rotatable bonds is 5. The number of thiophene rings is 1. The SMILES string of the molecule is N#Cc1ccc(C(=O)NCc2ccc(S(=O)(=O)N3CCCC3)s2)c(F)c1. The molecule has 2 heterocycles. The van der Waals surface area contributed by atoms with Gasteiger partial charge in [-0.1, -0.05) is 0 Å². The van der Waals surface area contributed by atoms with Crippen LogP contribution in [0.3, 0.4) is 0 Å². The molecule has 1 saturated heterocycles. The highest BCUT2D eigenvalue weighted by atomic mass is 32.2. The van der Waals surface area contributed by atoms with Gasteiger partial charge in [-0.3, -0.25) is 4.79 Å². The van der Waals surface area contributed by atoms with Crippen molar-refractivity contribution in [1.82, 2.24) is 9.62 Å². The molecule has 0 bridgehead atoms. The van der Waals surface area contributed by atoms with E-state index in [-0.39, 0.29) is 21.9 Å². The van der Waals surface area contributed by atoms with Gasteiger partial charge in [0.15, 0.2) is 0 Å². The van der Waals surface area contributed by atoms with E-state index in [1.165, 1.54) is 22.5 Å². The lowest BCUT2D eigenvalue weighted by Crippen LogP contribution is -2.27. The molecule has 0 aliphatic carbocycles. The van der Waals surface area contributed by atoms with Crippen LogP contribution in [0.1, 0.15) is 33.6 Å². The molecule has 2 aromatic rings. The van der Waals surface area contributed by atoms with Crippen LogP contribution in [-0.2, 0) is 16.6 Å². The van der Waals surface area contributed by atoms with E-state index in [4.69, 9.17) is 5.26 Å². The molecule has 3 rings (SSSR count). The third-order valence-electron chi connectivity index (χ3n) is 4.06. The maximum Gasteiger partial charge on any atom is 0.254 e. The summed E-state index contributed by atoms with van der Waals surface area (Å²) < 4.78 is 40.5. The van der Waals surface area contributed by atoms with E-state index in [2.05, 4.69) is 5.32 Å². The summed E-state index contributed by atoms with van der Waals surface area (Å²) >= 11 is 1.09. The smallest absolute Gasteiger partial charge is 0.254 e. The predicted molar refractivity (Wildman–Crippen MR) is 94.6 cm³/mol. The van der Waals surface area contributed by atoms with Crippen LogP contribution in [0.15, 0.2) is 34.5 Å². The molecular weight excluding hydrogens is 377 g/mol. The van der Waals surface area contributed by atoms with Gasteiger partial charge in [0.1, 0.15) is 10.0 Å². The molecule has 1 N–H and O–H groups in total. The van der Waals surface area contributed by atoms with E-state index in [1.54, 1.807) is 12.1 Å². The quantitative estimate of drug-likeness (QED) is 0.845. The molecule has 0 spiro atoms. The number of hydrogen-bond acceptors (Lipinski definition) is 5. The average Bonchev–Trinajstić information content (AvgIpc) is 3.31. The molecule has 136 valence electrons. The molecule has 1 fully saturated rings. The molecule has 0 saturated carbocycles. The first kappa shape index (κ1) is 18.5. The number of halogens is 1. The Morgan fingerprint density at radius 1 is 1.27 bits per heavy atom. The number of nitrogens with one attached hydrogen (secondary N) is 1. The van der Waals surface area contributed by atoms with Gasteiger partial charge >= 0.3 is 0 Å². The molecule has 26 heavy (non-hydrogen) atoms. The normalized spacial score (nSPS) is 14.9. The van der Waals surface area contributed by atoms with Gasteiger partial charge in [-0.2, -0.15) is 9.57 Å². The van der Waals surface area contributed by atoms with Crippen LogP contribution in [0.2, 0.25) is 0 Å². The Bertz CT molecular complexity index is 973. The summed E-state index contributed by atoms with van der Waals surface area (Å²) in [5, 5.41) is 11.3. The van der Waals surface area contributed by atoms with Crippen molar-refractivity contribution in [3.05, 3.63) is 52.2 Å². The van der Waals surface area contributed by atoms with E-state index in [9.17, 15) is 17.6 Å². The van der Waals surface area contributed by atoms with Gasteiger partial charge in [0.05, 0.1) is 23.7 Å². The molecule has 6 nitrogen and oxygen atoms in total. The number of benzene rings is 1. The average molecular weight is 393 g/mol. The summed E-state index contributed by atoms with van der Waals surface area (Å²) in [4.78, 5) is 12.8. The molecule has 9 heteroatoms. The zero-order valence-electron chi connectivity index (χ0n) is 13.7. The van der Waals surface area contributed by atoms with Crippen LogP contribution < -0.4 is 5.32 Å². The van der Waals surface area contributed by atoms with Gasteiger partial charge in [0.2, 0.25) is 0 Å². The zero-order chi connectivity index (χ0) is 18.7. The summed E-state index contributed by atoms with van der Waals surface area (Å²) in [6, 6.07) is 8.59. The minimum Gasteiger partial charge on any atom is -0.347 e. The van der Waals surface area contributed by atoms with E-state index >= 15 is 0 Å². The maximum absolute atomic E-state index is 13.9. The first-order valence-electron chi connectivity index (χ1n) is 7.98. The molecule has 0 radical (unpaired) electrons. The Morgan fingerprint density at radius 2 is 2.00 bits per heavy atom. The lowest BCUT2D eigenvalue weighted by Gasteiger charge is -2.13. The minimum absolute atomic E-state index is 0.0957. The Morgan fingerprint density at radius 3 is 2.65 bits per heavy atom. The molecule has 1 aromatic heterocycles. The third kappa shape index (κ3) is 3.77. The first-order chi connectivity index (χ1) is 12.4. The van der Waals surface area contributed by atoms with Gasteiger partial charge in [-0.05, 0) is 43.2 Å². The van der Waals surface area contributed by atoms with E-state index in [1.807, 2.05) is 0 Å². The topological polar surface area (TPSA) is 90.3 Å². The second-order valence-corrected chi connectivity index (χ2v) is 9.15. The van der Waals surface area contributed by atoms with Crippen molar-refractivity contribution in [1.29, 1.82) is 5.26 Å². The van der Waals surface area contributed by atoms with E-state index in [0.717, 1.165) is 30.2 Å². The maximum atomic E-state index is 13.9. The van der Waals surface area contributed by atoms with Crippen molar-refractivity contribution in [2.45, 2.75) is 23.6 Å². The molecule has 1 aliphatic rings. The third-order valence-corrected chi connectivity index (χ3v) is 7.51. The van der Waals surface area contributed by atoms with Crippen LogP contribution in [0.4, 0.5) is 4.39 Å². The van der Waals surface area contributed by atoms with Gasteiger partial charge < -0.3 is 5.32 Å². The summed E-state index contributed by atoms with van der Waals surface area (Å²) in [6.07, 6.45) is 1.73. The van der Waals surface area contributed by atoms with Crippen LogP contribution in [0, 0.1) is 17.1 Å². The largest absolute Gasteiger partial charge is 0.347 e. The monoisotopic (exact) mass is 393 g/mol. The summed E-state index contributed by atoms with van der Waals surface area (Å²) in [5.74, 6) is -1.39. The van der Waals surface area contributed by atoms with Crippen molar-refractivity contribution in [3.63, 3.8) is 0 Å². The number of amides is 1. The number of nitriles is 1. The molecule has 0 atom stereocenters. The standard InChI is InChI=1S/C17H16FN3O3S2/c18-15-9-12(10-19)3-5-14(15)17(22)20-11-13-4-6-16(25-13)26(23,24)21-7-1-2-8-21/h3-6,9H,1-2,7-8,11H2,(H,20,22). The number of hydrogen-bond donors (Lipinski definition) is 1. The molecular formula is C17H16FN3O3S2. The molecule has 1 aromatic carbocycles. The van der Waals surface area contributed by atoms with E-state index < -0.39 is 21.7 Å². The highest BCUT2D eigenvalue weighted by Gasteiger charge is 2.28. The summed E-state index contributed by atoms with van der Waals surface area (Å²) in [5.41, 5.74) is -0.0282. The highest BCUT2D eigenvalue weighted by Crippen LogP contribution is 2.27. The summed E-state index contributed by atoms with van der Waals surface area (Å²) in [6.45, 7) is 1.16. The van der Waals surface area contributed by atoms with Gasteiger partial charge in [-0.25, -0.2) is 12.8 Å². The minimum atomic E-state index is -3.47. The fraction of sp³-hybridized carbons (Fsp3) is 0.294. The van der Waals surface area contributed by atoms with Crippen molar-refractivity contribution >= 4 is 27.3 Å². The predicted octanol–water partition coefficient (Wildman–Crippen LogP) is 2.47. The van der Waals surface area contributed by atoms with Gasteiger partial charge in [0, 0.05) is 18.0 Å². The second kappa shape index (κ2) is 7.53. The van der Waals surface area contributed by atoms with E-state index in [0.29, 0.717) is 18.0 Å². The molecule has 0 unspecified atom stereocenters. The summed E-state index contributed by atoms with van der Waals surface area (Å²) in [7, 11) is -3.47. The number of nitrogens with zero attached hydrogens (tertiary/aromatic N) is 2. The van der Waals surface area contributed by atoms with Gasteiger partial charge in [0.25, 0.3) is 15.9 Å². The number of sulfonamides is 1. The lowest BCUT2D eigenvalue weighted by molar-refractivity contribution is 0.0947. The Labute approximate surface area is 154 Å². The van der Waals surface area contributed by atoms with Crippen LogP contribution in [0.5, 0.6) is 0 Å². The fourth-order valence-electron chi connectivity index (χ4n) is 2.68. The fourth-order valence-corrected chi connectivity index (χ4v) is 5.65. The Hall–Kier alpha value is -2.28. The van der Waals surface area contributed by atoms with Crippen molar-refractivity contribution in [3.8, 4) is 6.07 Å². The first-order valence-corrected chi connectivity index (χ1v) is 10.2. The van der Waals surface area contributed by atoms with Crippen molar-refractivity contribution in [2.75, 3.05) is 13.1 Å². The highest BCUT2D eigenvalue weighted by molar-refractivity contribution is 7.91. The zero-order valence-corrected chi connectivity index (χ0v) is 15.4. The van der Waals surface area contributed by atoms with Gasteiger partial charge in [-0.15, -0.1) is 11.3 Å².